The van der Waals surface area contributed by atoms with E-state index in [1.165, 1.54) is 0 Å². The number of rotatable bonds is 1. The Hall–Kier alpha value is -0.690. The molecule has 0 aromatic heterocycles. The van der Waals surface area contributed by atoms with Crippen molar-refractivity contribution in [3.05, 3.63) is 0 Å². The van der Waals surface area contributed by atoms with Gasteiger partial charge in [-0.25, -0.2) is 4.79 Å². The molecule has 108 valence electrons. The van der Waals surface area contributed by atoms with Crippen LogP contribution in [0.25, 0.3) is 0 Å². The zero-order valence-electron chi connectivity index (χ0n) is 11.9. The van der Waals surface area contributed by atoms with Gasteiger partial charge in [-0.15, -0.1) is 0 Å². The van der Waals surface area contributed by atoms with E-state index in [2.05, 4.69) is 0 Å². The molecular weight excluding hydrogens is 252 g/mol. The van der Waals surface area contributed by atoms with Crippen molar-refractivity contribution < 1.29 is 28.5 Å². The molecule has 0 aliphatic carbocycles. The van der Waals surface area contributed by atoms with Gasteiger partial charge in [0.2, 0.25) is 0 Å². The second-order valence-electron chi connectivity index (χ2n) is 6.38. The number of esters is 1. The third kappa shape index (κ3) is 1.98. The van der Waals surface area contributed by atoms with Crippen LogP contribution in [0.2, 0.25) is 0 Å². The van der Waals surface area contributed by atoms with Crippen LogP contribution >= 0.6 is 0 Å². The van der Waals surface area contributed by atoms with Crippen molar-refractivity contribution in [1.29, 1.82) is 0 Å². The molecule has 3 rings (SSSR count). The van der Waals surface area contributed by atoms with E-state index in [9.17, 15) is 4.79 Å². The van der Waals surface area contributed by atoms with Crippen LogP contribution in [0, 0.1) is 0 Å². The lowest BCUT2D eigenvalue weighted by atomic mass is 9.96. The maximum Gasteiger partial charge on any atom is 0.341 e. The minimum Gasteiger partial charge on any atom is -0.454 e. The molecule has 0 aromatic rings. The minimum atomic E-state index is -1.07. The van der Waals surface area contributed by atoms with E-state index >= 15 is 0 Å². The Balaban J connectivity index is 1.84. The van der Waals surface area contributed by atoms with Crippen molar-refractivity contribution in [2.75, 3.05) is 6.61 Å². The number of cyclic esters (lactones) is 1. The van der Waals surface area contributed by atoms with Crippen LogP contribution in [-0.2, 0) is 28.5 Å². The van der Waals surface area contributed by atoms with Crippen molar-refractivity contribution >= 4 is 5.97 Å². The quantitative estimate of drug-likeness (QED) is 0.663. The molecule has 3 heterocycles. The fourth-order valence-electron chi connectivity index (χ4n) is 3.00. The zero-order chi connectivity index (χ0) is 14.1. The Morgan fingerprint density at radius 3 is 2.32 bits per heavy atom. The molecule has 3 aliphatic heterocycles. The molecule has 3 fully saturated rings. The molecule has 6 heteroatoms. The fraction of sp³-hybridized carbons (Fsp3) is 0.923. The van der Waals surface area contributed by atoms with Gasteiger partial charge in [-0.3, -0.25) is 0 Å². The van der Waals surface area contributed by atoms with Gasteiger partial charge in [0.15, 0.2) is 23.3 Å². The number of carbonyl (C=O) groups excluding carboxylic acids is 1. The Morgan fingerprint density at radius 2 is 1.74 bits per heavy atom. The van der Waals surface area contributed by atoms with E-state index in [-0.39, 0.29) is 6.10 Å². The van der Waals surface area contributed by atoms with Gasteiger partial charge in [0.1, 0.15) is 12.2 Å². The SMILES string of the molecule is CC1(C)OC[C@H]([C@H]2OC(=O)[C@@]3(C)OC(C)(C)O[C@@H]23)O1. The highest BCUT2D eigenvalue weighted by molar-refractivity contribution is 5.83. The van der Waals surface area contributed by atoms with Gasteiger partial charge in [0.05, 0.1) is 6.61 Å². The fourth-order valence-corrected chi connectivity index (χ4v) is 3.00. The lowest BCUT2D eigenvalue weighted by Crippen LogP contribution is -2.44. The lowest BCUT2D eigenvalue weighted by Gasteiger charge is -2.25. The molecule has 19 heavy (non-hydrogen) atoms. The monoisotopic (exact) mass is 272 g/mol. The highest BCUT2D eigenvalue weighted by atomic mass is 16.8. The molecule has 0 amide bonds. The van der Waals surface area contributed by atoms with E-state index in [0.29, 0.717) is 6.61 Å². The van der Waals surface area contributed by atoms with Crippen LogP contribution in [0.1, 0.15) is 34.6 Å². The predicted octanol–water partition coefficient (Wildman–Crippen LogP) is 0.973. The summed E-state index contributed by atoms with van der Waals surface area (Å²) in [4.78, 5) is 12.1. The van der Waals surface area contributed by atoms with E-state index in [0.717, 1.165) is 0 Å². The number of hydrogen-bond donors (Lipinski definition) is 0. The average Bonchev–Trinajstić information content (AvgIpc) is 2.79. The number of fused-ring (bicyclic) bond motifs is 1. The first kappa shape index (κ1) is 13.3. The van der Waals surface area contributed by atoms with Gasteiger partial charge in [0, 0.05) is 0 Å². The van der Waals surface area contributed by atoms with Crippen LogP contribution in [0.5, 0.6) is 0 Å². The summed E-state index contributed by atoms with van der Waals surface area (Å²) in [5.41, 5.74) is -1.07. The van der Waals surface area contributed by atoms with E-state index in [4.69, 9.17) is 23.7 Å². The zero-order valence-corrected chi connectivity index (χ0v) is 11.9. The highest BCUT2D eigenvalue weighted by Gasteiger charge is 2.67. The van der Waals surface area contributed by atoms with E-state index in [1.807, 2.05) is 13.8 Å². The number of ether oxygens (including phenoxy) is 5. The second-order valence-corrected chi connectivity index (χ2v) is 6.38. The van der Waals surface area contributed by atoms with Gasteiger partial charge >= 0.3 is 5.97 Å². The maximum absolute atomic E-state index is 12.1. The van der Waals surface area contributed by atoms with Crippen LogP contribution in [-0.4, -0.2) is 48.1 Å². The van der Waals surface area contributed by atoms with Crippen LogP contribution in [0.4, 0.5) is 0 Å². The molecule has 6 nitrogen and oxygen atoms in total. The third-order valence-electron chi connectivity index (χ3n) is 3.76. The molecule has 3 saturated heterocycles. The molecule has 0 bridgehead atoms. The van der Waals surface area contributed by atoms with Crippen molar-refractivity contribution in [1.82, 2.24) is 0 Å². The molecule has 0 radical (unpaired) electrons. The Labute approximate surface area is 112 Å². The molecular formula is C13H20O6. The Bertz CT molecular complexity index is 417. The van der Waals surface area contributed by atoms with Gasteiger partial charge in [-0.05, 0) is 34.6 Å². The van der Waals surface area contributed by atoms with Crippen molar-refractivity contribution in [3.63, 3.8) is 0 Å². The molecule has 0 spiro atoms. The number of hydrogen-bond acceptors (Lipinski definition) is 6. The second kappa shape index (κ2) is 3.69. The summed E-state index contributed by atoms with van der Waals surface area (Å²) >= 11 is 0. The minimum absolute atomic E-state index is 0.330. The van der Waals surface area contributed by atoms with Gasteiger partial charge in [-0.1, -0.05) is 0 Å². The molecule has 4 atom stereocenters. The number of carbonyl (C=O) groups is 1. The topological polar surface area (TPSA) is 63.2 Å². The molecule has 0 N–H and O–H groups in total. The average molecular weight is 272 g/mol. The smallest absolute Gasteiger partial charge is 0.341 e. The first-order valence-corrected chi connectivity index (χ1v) is 6.54. The summed E-state index contributed by atoms with van der Waals surface area (Å²) in [7, 11) is 0. The molecule has 0 unspecified atom stereocenters. The molecule has 0 aromatic carbocycles. The van der Waals surface area contributed by atoms with Crippen LogP contribution < -0.4 is 0 Å². The van der Waals surface area contributed by atoms with E-state index < -0.39 is 35.4 Å². The predicted molar refractivity (Wildman–Crippen MR) is 63.2 cm³/mol. The van der Waals surface area contributed by atoms with Gasteiger partial charge in [-0.2, -0.15) is 0 Å². The van der Waals surface area contributed by atoms with E-state index in [1.54, 1.807) is 20.8 Å². The first-order chi connectivity index (χ1) is 8.63. The summed E-state index contributed by atoms with van der Waals surface area (Å²) in [5, 5.41) is 0. The lowest BCUT2D eigenvalue weighted by molar-refractivity contribution is -0.207. The Kier molecular flexibility index (Phi) is 2.59. The largest absolute Gasteiger partial charge is 0.454 e. The normalized spacial score (nSPS) is 47.2. The van der Waals surface area contributed by atoms with Gasteiger partial charge < -0.3 is 23.7 Å². The maximum atomic E-state index is 12.1. The molecule has 3 aliphatic rings. The van der Waals surface area contributed by atoms with Crippen LogP contribution in [0.3, 0.4) is 0 Å². The summed E-state index contributed by atoms with van der Waals surface area (Å²) in [5.74, 6) is -1.86. The standard InChI is InChI=1S/C13H20O6/c1-11(2)15-6-7(17-11)8-9-13(5,10(14)16-8)19-12(3,4)18-9/h7-9H,6H2,1-5H3/t7-,8-,9+,13+/m1/s1. The third-order valence-corrected chi connectivity index (χ3v) is 3.76. The Morgan fingerprint density at radius 1 is 1.05 bits per heavy atom. The van der Waals surface area contributed by atoms with Crippen LogP contribution in [0.15, 0.2) is 0 Å². The van der Waals surface area contributed by atoms with Crippen molar-refractivity contribution in [2.24, 2.45) is 0 Å². The summed E-state index contributed by atoms with van der Waals surface area (Å²) in [6.45, 7) is 9.32. The summed E-state index contributed by atoms with van der Waals surface area (Å²) in [6, 6.07) is 0. The van der Waals surface area contributed by atoms with Gasteiger partial charge in [0.25, 0.3) is 0 Å². The highest BCUT2D eigenvalue weighted by Crippen LogP contribution is 2.46. The van der Waals surface area contributed by atoms with Crippen molar-refractivity contribution in [3.8, 4) is 0 Å². The van der Waals surface area contributed by atoms with Crippen molar-refractivity contribution in [2.45, 2.75) is 70.1 Å². The summed E-state index contributed by atoms with van der Waals surface area (Å²) < 4.78 is 28.3. The first-order valence-electron chi connectivity index (χ1n) is 6.54. The summed E-state index contributed by atoms with van der Waals surface area (Å²) in [6.07, 6.45) is -1.30. The molecule has 0 saturated carbocycles.